The van der Waals surface area contributed by atoms with Gasteiger partial charge in [-0.2, -0.15) is 0 Å². The molecule has 1 atom stereocenters. The summed E-state index contributed by atoms with van der Waals surface area (Å²) in [7, 11) is 0. The van der Waals surface area contributed by atoms with Crippen LogP contribution < -0.4 is 10.2 Å². The topological polar surface area (TPSA) is 44.9 Å². The first-order valence-electron chi connectivity index (χ1n) is 21.7. The van der Waals surface area contributed by atoms with E-state index in [2.05, 4.69) is 205 Å². The summed E-state index contributed by atoms with van der Waals surface area (Å²) < 4.78 is 2.42. The summed E-state index contributed by atoms with van der Waals surface area (Å²) in [6, 6.07) is 76.3. The summed E-state index contributed by atoms with van der Waals surface area (Å²) in [5, 5.41) is 8.61. The van der Waals surface area contributed by atoms with Crippen molar-refractivity contribution in [2.24, 2.45) is 9.98 Å². The van der Waals surface area contributed by atoms with Crippen molar-refractivity contribution < 1.29 is 0 Å². The molecule has 2 aliphatic rings. The number of nitrogens with one attached hydrogen (secondary N) is 1. The Hall–Kier alpha value is -8.02. The molecule has 300 valence electrons. The molecule has 5 heteroatoms. The van der Waals surface area contributed by atoms with E-state index in [9.17, 15) is 0 Å². The molecule has 3 heterocycles. The summed E-state index contributed by atoms with van der Waals surface area (Å²) in [5.41, 5.74) is 14.9. The van der Waals surface area contributed by atoms with Gasteiger partial charge in [0.1, 0.15) is 12.0 Å². The Labute approximate surface area is 367 Å². The highest BCUT2D eigenvalue weighted by molar-refractivity contribution is 6.22. The number of rotatable bonds is 6. The number of para-hydroxylation sites is 2. The molecule has 0 saturated heterocycles. The van der Waals surface area contributed by atoms with E-state index < -0.39 is 0 Å². The van der Waals surface area contributed by atoms with Crippen molar-refractivity contribution in [2.75, 3.05) is 4.90 Å². The molecular formula is C58H43N5. The molecule has 10 aromatic rings. The van der Waals surface area contributed by atoms with Crippen molar-refractivity contribution in [3.63, 3.8) is 0 Å². The zero-order valence-electron chi connectivity index (χ0n) is 35.1. The van der Waals surface area contributed by atoms with Gasteiger partial charge >= 0.3 is 0 Å². The van der Waals surface area contributed by atoms with Crippen LogP contribution in [0.3, 0.4) is 0 Å². The molecule has 1 aromatic heterocycles. The molecule has 1 N–H and O–H groups in total. The molecule has 5 nitrogen and oxygen atoms in total. The highest BCUT2D eigenvalue weighted by Crippen LogP contribution is 2.52. The summed E-state index contributed by atoms with van der Waals surface area (Å²) in [5.74, 6) is 1.51. The zero-order chi connectivity index (χ0) is 42.1. The molecule has 0 amide bonds. The van der Waals surface area contributed by atoms with Crippen molar-refractivity contribution >= 4 is 61.3 Å². The van der Waals surface area contributed by atoms with Gasteiger partial charge in [-0.15, -0.1) is 0 Å². The van der Waals surface area contributed by atoms with Crippen molar-refractivity contribution in [2.45, 2.75) is 25.4 Å². The number of aromatic nitrogens is 1. The lowest BCUT2D eigenvalue weighted by atomic mass is 9.73. The van der Waals surface area contributed by atoms with Gasteiger partial charge in [0.25, 0.3) is 0 Å². The minimum atomic E-state index is -0.341. The lowest BCUT2D eigenvalue weighted by Crippen LogP contribution is -2.33. The maximum absolute atomic E-state index is 5.21. The van der Waals surface area contributed by atoms with Crippen LogP contribution in [0.25, 0.3) is 49.4 Å². The first kappa shape index (κ1) is 36.8. The third kappa shape index (κ3) is 6.07. The number of hydrogen-bond acceptors (Lipinski definition) is 4. The van der Waals surface area contributed by atoms with Crippen LogP contribution in [0.4, 0.5) is 17.1 Å². The van der Waals surface area contributed by atoms with Crippen LogP contribution in [-0.4, -0.2) is 16.2 Å². The number of amidine groups is 2. The van der Waals surface area contributed by atoms with E-state index in [1.54, 1.807) is 0 Å². The van der Waals surface area contributed by atoms with E-state index in [-0.39, 0.29) is 11.6 Å². The molecule has 1 unspecified atom stereocenters. The Morgan fingerprint density at radius 3 is 1.95 bits per heavy atom. The molecule has 0 radical (unpaired) electrons. The fraction of sp³-hybridized carbons (Fsp3) is 0.0690. The van der Waals surface area contributed by atoms with Crippen molar-refractivity contribution in [3.8, 4) is 16.8 Å². The summed E-state index contributed by atoms with van der Waals surface area (Å²) in [6.45, 7) is 4.72. The number of hydrogen-bond donors (Lipinski definition) is 1. The number of nitrogens with zero attached hydrogens (tertiary/aromatic N) is 4. The van der Waals surface area contributed by atoms with E-state index in [4.69, 9.17) is 9.98 Å². The smallest absolute Gasteiger partial charge is 0.159 e. The SMILES string of the molecule is CC1(C)c2ccccc2N(c2ccccc2)c2ccc(-c3ccc4c(c3)c3c5ccccc5ccc3n4-c3cccc(C4N=C(c5ccccc5)N=C(c5ccccc5)N4)c3)cc21. The summed E-state index contributed by atoms with van der Waals surface area (Å²) >= 11 is 0. The third-order valence-corrected chi connectivity index (χ3v) is 13.0. The predicted octanol–water partition coefficient (Wildman–Crippen LogP) is 14.2. The van der Waals surface area contributed by atoms with Gasteiger partial charge in [0.2, 0.25) is 0 Å². The average molecular weight is 810 g/mol. The monoisotopic (exact) mass is 809 g/mol. The van der Waals surface area contributed by atoms with Gasteiger partial charge in [-0.1, -0.05) is 166 Å². The highest BCUT2D eigenvalue weighted by Gasteiger charge is 2.37. The quantitative estimate of drug-likeness (QED) is 0.182. The molecule has 9 aromatic carbocycles. The standard InChI is InChI=1S/C58H43N5/c1-58(2)48-27-14-15-28-51(48)62(44-23-10-5-11-24-44)52-33-31-42(37-49(52)58)41-30-32-50-47(36-41)54-46-26-13-12-17-38(46)29-34-53(54)63(50)45-25-16-22-43(35-45)57-60-55(39-18-6-3-7-19-39)59-56(61-57)40-20-8-4-9-21-40/h3-37,57H,1-2H3,(H,59,60,61). The lowest BCUT2D eigenvalue weighted by Gasteiger charge is -2.42. The summed E-state index contributed by atoms with van der Waals surface area (Å²) in [4.78, 5) is 12.7. The van der Waals surface area contributed by atoms with Gasteiger partial charge in [-0.05, 0) is 99.3 Å². The molecule has 0 saturated carbocycles. The molecular weight excluding hydrogens is 767 g/mol. The molecule has 0 spiro atoms. The van der Waals surface area contributed by atoms with Crippen LogP contribution in [0.1, 0.15) is 47.8 Å². The molecule has 12 rings (SSSR count). The van der Waals surface area contributed by atoms with E-state index in [1.165, 1.54) is 55.2 Å². The van der Waals surface area contributed by atoms with Gasteiger partial charge in [-0.25, -0.2) is 9.98 Å². The normalized spacial score (nSPS) is 15.4. The van der Waals surface area contributed by atoms with E-state index >= 15 is 0 Å². The second kappa shape index (κ2) is 14.6. The Balaban J connectivity index is 1.01. The lowest BCUT2D eigenvalue weighted by molar-refractivity contribution is 0.632. The Bertz CT molecular complexity index is 3450. The summed E-state index contributed by atoms with van der Waals surface area (Å²) in [6.07, 6.45) is -0.341. The van der Waals surface area contributed by atoms with Crippen LogP contribution in [0.2, 0.25) is 0 Å². The van der Waals surface area contributed by atoms with Crippen molar-refractivity contribution in [1.29, 1.82) is 0 Å². The van der Waals surface area contributed by atoms with Gasteiger partial charge < -0.3 is 14.8 Å². The van der Waals surface area contributed by atoms with Gasteiger partial charge in [0.05, 0.1) is 22.4 Å². The Morgan fingerprint density at radius 1 is 0.476 bits per heavy atom. The molecule has 0 fully saturated rings. The number of benzene rings is 9. The molecule has 0 aliphatic carbocycles. The van der Waals surface area contributed by atoms with Crippen LogP contribution in [0, 0.1) is 0 Å². The fourth-order valence-corrected chi connectivity index (χ4v) is 9.90. The van der Waals surface area contributed by atoms with Crippen LogP contribution in [0.5, 0.6) is 0 Å². The van der Waals surface area contributed by atoms with Crippen molar-refractivity contribution in [3.05, 3.63) is 240 Å². The van der Waals surface area contributed by atoms with E-state index in [0.29, 0.717) is 5.84 Å². The third-order valence-electron chi connectivity index (χ3n) is 13.0. The highest BCUT2D eigenvalue weighted by atomic mass is 15.2. The number of fused-ring (bicyclic) bond motifs is 7. The largest absolute Gasteiger partial charge is 0.344 e. The molecule has 63 heavy (non-hydrogen) atoms. The Kier molecular flexibility index (Phi) is 8.51. The van der Waals surface area contributed by atoms with Gasteiger partial charge in [0, 0.05) is 38.7 Å². The second-order valence-corrected chi connectivity index (χ2v) is 17.1. The van der Waals surface area contributed by atoms with E-state index in [0.717, 1.165) is 44.9 Å². The van der Waals surface area contributed by atoms with Crippen LogP contribution >= 0.6 is 0 Å². The second-order valence-electron chi connectivity index (χ2n) is 17.1. The maximum Gasteiger partial charge on any atom is 0.159 e. The minimum Gasteiger partial charge on any atom is -0.344 e. The first-order chi connectivity index (χ1) is 31.0. The predicted molar refractivity (Wildman–Crippen MR) is 262 cm³/mol. The van der Waals surface area contributed by atoms with Gasteiger partial charge in [0.15, 0.2) is 5.84 Å². The van der Waals surface area contributed by atoms with E-state index in [1.807, 2.05) is 36.4 Å². The number of anilines is 3. The first-order valence-corrected chi connectivity index (χ1v) is 21.7. The minimum absolute atomic E-state index is 0.207. The average Bonchev–Trinajstić information content (AvgIpc) is 3.69. The molecule has 0 bridgehead atoms. The van der Waals surface area contributed by atoms with Crippen LogP contribution in [-0.2, 0) is 5.41 Å². The molecule has 2 aliphatic heterocycles. The Morgan fingerprint density at radius 2 is 1.13 bits per heavy atom. The van der Waals surface area contributed by atoms with Crippen LogP contribution in [0.15, 0.2) is 222 Å². The maximum atomic E-state index is 5.21. The van der Waals surface area contributed by atoms with Crippen molar-refractivity contribution in [1.82, 2.24) is 9.88 Å². The zero-order valence-corrected chi connectivity index (χ0v) is 35.1. The van der Waals surface area contributed by atoms with Gasteiger partial charge in [-0.3, -0.25) is 0 Å². The fourth-order valence-electron chi connectivity index (χ4n) is 9.90. The number of aliphatic imine (C=N–C) groups is 2.